The number of carbonyl (C=O) groups is 1. The molecule has 1 aliphatic carbocycles. The maximum Gasteiger partial charge on any atom is 0.416 e. The molecule has 0 N–H and O–H groups in total. The van der Waals surface area contributed by atoms with Crippen LogP contribution in [0.5, 0.6) is 0 Å². The number of hydrogen-bond donors (Lipinski definition) is 0. The summed E-state index contributed by atoms with van der Waals surface area (Å²) in [7, 11) is 0. The van der Waals surface area contributed by atoms with Crippen LogP contribution >= 0.6 is 11.8 Å². The Bertz CT molecular complexity index is 2190. The minimum atomic E-state index is -4.54. The molecule has 0 aliphatic heterocycles. The summed E-state index contributed by atoms with van der Waals surface area (Å²) in [5.41, 5.74) is -4.82. The number of thioether (sulfide) groups is 1. The normalized spacial score (nSPS) is 16.8. The molecule has 3 aromatic carbocycles. The van der Waals surface area contributed by atoms with Gasteiger partial charge in [0, 0.05) is 39.3 Å². The van der Waals surface area contributed by atoms with Crippen LogP contribution < -0.4 is 5.56 Å². The van der Waals surface area contributed by atoms with E-state index in [9.17, 15) is 32.6 Å². The molecule has 47 heavy (non-hydrogen) atoms. The predicted molar refractivity (Wildman–Crippen MR) is 177 cm³/mol. The van der Waals surface area contributed by atoms with E-state index < -0.39 is 82.6 Å². The van der Waals surface area contributed by atoms with Gasteiger partial charge in [0.15, 0.2) is 5.16 Å². The van der Waals surface area contributed by atoms with Crippen LogP contribution in [0.3, 0.4) is 0 Å². The molecule has 248 valence electrons. The lowest BCUT2D eigenvalue weighted by Crippen LogP contribution is -2.40. The molecule has 1 aromatic heterocycles. The molecule has 5 rings (SSSR count). The average molecular weight is 677 g/mol. The quantitative estimate of drug-likeness (QED) is 0.0851. The highest BCUT2D eigenvalue weighted by atomic mass is 32.2. The Morgan fingerprint density at radius 2 is 1.60 bits per heavy atom. The van der Waals surface area contributed by atoms with Crippen LogP contribution in [0.2, 0.25) is 0 Å². The van der Waals surface area contributed by atoms with Gasteiger partial charge in [-0.15, -0.1) is 0 Å². The Hall–Kier alpha value is -3.96. The van der Waals surface area contributed by atoms with Crippen molar-refractivity contribution in [3.63, 3.8) is 0 Å². The zero-order valence-electron chi connectivity index (χ0n) is 35.6. The minimum Gasteiger partial charge on any atom is -0.336 e. The lowest BCUT2D eigenvalue weighted by Gasteiger charge is -2.28. The summed E-state index contributed by atoms with van der Waals surface area (Å²) in [6.07, 6.45) is -4.01. The monoisotopic (exact) mass is 676 g/mol. The smallest absolute Gasteiger partial charge is 0.336 e. The van der Waals surface area contributed by atoms with Crippen LogP contribution in [-0.2, 0) is 42.5 Å². The second-order valence-corrected chi connectivity index (χ2v) is 11.3. The molecule has 0 bridgehead atoms. The fourth-order valence-corrected chi connectivity index (χ4v) is 5.71. The third-order valence-electron chi connectivity index (χ3n) is 7.63. The van der Waals surface area contributed by atoms with Gasteiger partial charge in [-0.2, -0.15) is 18.2 Å². The van der Waals surface area contributed by atoms with Crippen molar-refractivity contribution in [3.8, 4) is 11.1 Å². The highest BCUT2D eigenvalue weighted by molar-refractivity contribution is 7.98. The Balaban J connectivity index is 1.60. The number of nitrogens with zero attached hydrogens (tertiary/aromatic N) is 4. The molecule has 0 fully saturated rings. The zero-order valence-corrected chi connectivity index (χ0v) is 26.4. The van der Waals surface area contributed by atoms with Crippen molar-refractivity contribution in [3.05, 3.63) is 117 Å². The van der Waals surface area contributed by atoms with E-state index in [1.807, 2.05) is 18.7 Å². The maximum absolute atomic E-state index is 14.7. The summed E-state index contributed by atoms with van der Waals surface area (Å²) in [5.74, 6) is -2.95. The number of carbonyl (C=O) groups excluding carboxylic acids is 1. The third-order valence-corrected chi connectivity index (χ3v) is 8.39. The fourth-order valence-electron chi connectivity index (χ4n) is 5.04. The molecule has 0 atom stereocenters. The topological polar surface area (TPSA) is 58.4 Å². The van der Waals surface area contributed by atoms with Gasteiger partial charge in [-0.1, -0.05) is 74.1 Å². The number of benzene rings is 3. The third kappa shape index (κ3) is 8.70. The molecule has 1 aliphatic rings. The van der Waals surface area contributed by atoms with E-state index in [0.29, 0.717) is 35.5 Å². The Labute approximate surface area is 290 Å². The van der Waals surface area contributed by atoms with E-state index in [0.717, 1.165) is 16.7 Å². The first kappa shape index (κ1) is 23.4. The molecule has 0 unspecified atom stereocenters. The van der Waals surface area contributed by atoms with Gasteiger partial charge in [0.2, 0.25) is 5.91 Å². The summed E-state index contributed by atoms with van der Waals surface area (Å²) in [6.45, 7) is -1.56. The van der Waals surface area contributed by atoms with Crippen molar-refractivity contribution >= 4 is 17.7 Å². The first-order valence-corrected chi connectivity index (χ1v) is 15.7. The van der Waals surface area contributed by atoms with Crippen molar-refractivity contribution < 1.29 is 36.1 Å². The Morgan fingerprint density at radius 3 is 2.21 bits per heavy atom. The second-order valence-electron chi connectivity index (χ2n) is 10.6. The van der Waals surface area contributed by atoms with Crippen LogP contribution in [0.4, 0.5) is 17.6 Å². The van der Waals surface area contributed by atoms with Crippen LogP contribution in [0.15, 0.2) is 82.7 Å². The first-order chi connectivity index (χ1) is 26.5. The van der Waals surface area contributed by atoms with Gasteiger partial charge in [-0.05, 0) is 78.8 Å². The van der Waals surface area contributed by atoms with Gasteiger partial charge >= 0.3 is 6.18 Å². The molecule has 6 nitrogen and oxygen atoms in total. The summed E-state index contributed by atoms with van der Waals surface area (Å²) in [6, 6.07) is 5.49. The average Bonchev–Trinajstić information content (AvgIpc) is 3.64. The van der Waals surface area contributed by atoms with Crippen molar-refractivity contribution in [2.45, 2.75) is 63.1 Å². The van der Waals surface area contributed by atoms with Gasteiger partial charge in [0.05, 0.1) is 16.5 Å². The van der Waals surface area contributed by atoms with E-state index in [1.54, 1.807) is 0 Å². The fraction of sp³-hybridized carbons (Fsp3) is 0.361. The summed E-state index contributed by atoms with van der Waals surface area (Å²) in [5, 5.41) is -0.713. The van der Waals surface area contributed by atoms with Crippen LogP contribution in [0.1, 0.15) is 61.9 Å². The van der Waals surface area contributed by atoms with Crippen molar-refractivity contribution in [2.24, 2.45) is 0 Å². The number of rotatable bonds is 13. The molecule has 1 heterocycles. The molecular weight excluding hydrogens is 628 g/mol. The summed E-state index contributed by atoms with van der Waals surface area (Å²) < 4.78 is 141. The molecule has 1 amide bonds. The van der Waals surface area contributed by atoms with E-state index >= 15 is 0 Å². The van der Waals surface area contributed by atoms with E-state index in [4.69, 9.17) is 8.22 Å². The number of hydrogen-bond acceptors (Lipinski definition) is 5. The predicted octanol–water partition coefficient (Wildman–Crippen LogP) is 7.22. The van der Waals surface area contributed by atoms with Gasteiger partial charge in [-0.25, -0.2) is 4.39 Å². The summed E-state index contributed by atoms with van der Waals surface area (Å²) >= 11 is 0.0254. The van der Waals surface area contributed by atoms with Gasteiger partial charge in [0.1, 0.15) is 12.3 Å². The molecule has 0 spiro atoms. The van der Waals surface area contributed by atoms with Crippen molar-refractivity contribution in [2.75, 3.05) is 26.2 Å². The Morgan fingerprint density at radius 1 is 0.957 bits per heavy atom. The van der Waals surface area contributed by atoms with Crippen LogP contribution in [0, 0.1) is 5.82 Å². The van der Waals surface area contributed by atoms with Crippen LogP contribution in [0.25, 0.3) is 11.1 Å². The Kier molecular flexibility index (Phi) is 7.61. The maximum atomic E-state index is 14.7. The minimum absolute atomic E-state index is 0.00420. The molecule has 4 aromatic rings. The van der Waals surface area contributed by atoms with Gasteiger partial charge in [0.25, 0.3) is 5.56 Å². The lowest BCUT2D eigenvalue weighted by atomic mass is 10.0. The van der Waals surface area contributed by atoms with E-state index in [2.05, 4.69) is 4.98 Å². The number of fused-ring (bicyclic) bond motifs is 1. The van der Waals surface area contributed by atoms with Gasteiger partial charge < -0.3 is 14.4 Å². The van der Waals surface area contributed by atoms with Crippen molar-refractivity contribution in [1.82, 2.24) is 19.4 Å². The highest BCUT2D eigenvalue weighted by Gasteiger charge is 2.30. The second kappa shape index (κ2) is 15.3. The number of alkyl halides is 3. The molecule has 0 saturated heterocycles. The number of aromatic nitrogens is 2. The molecule has 0 radical (unpaired) electrons. The van der Waals surface area contributed by atoms with E-state index in [1.165, 1.54) is 36.4 Å². The standard InChI is InChI=1S/C36H38F4N4O2S/c1-3-42(4-2)20-21-43(22-25-8-12-27(13-9-25)28-14-16-29(17-15-28)36(38,39)40)33(45)23-44-32-7-5-6-31(32)34(46)41-35(44)47-24-26-10-18-30(37)19-11-26/h8-19H,3-7,20-24H2,1-2H3/i10D,11D,18D,19D,22D2,23D2,24D2. The molecule has 11 heteroatoms. The highest BCUT2D eigenvalue weighted by Crippen LogP contribution is 2.31. The van der Waals surface area contributed by atoms with E-state index in [-0.39, 0.29) is 54.5 Å². The molecular formula is C36H38F4N4O2S. The van der Waals surface area contributed by atoms with Gasteiger partial charge in [-0.3, -0.25) is 9.59 Å². The lowest BCUT2D eigenvalue weighted by molar-refractivity contribution is -0.137. The number of likely N-dealkylation sites (N-methyl/N-ethyl adjacent to an activating group) is 1. The number of amides is 1. The zero-order chi connectivity index (χ0) is 42.4. The van der Waals surface area contributed by atoms with Crippen LogP contribution in [-0.4, -0.2) is 51.4 Å². The number of halogens is 4. The van der Waals surface area contributed by atoms with Crippen molar-refractivity contribution in [1.29, 1.82) is 0 Å². The molecule has 0 saturated carbocycles. The first-order valence-electron chi connectivity index (χ1n) is 19.9. The SMILES string of the molecule is [2H]c1c([2H])c(C([2H])([2H])Sc2nc(=O)c3c(n2C([2H])([2H])C(=O)N(CCN(CC)CC)C([2H])([2H])c2ccc(-c4ccc(C(F)(F)F)cc4)cc2)CCC3)c([2H])c([2H])c1F. The largest absolute Gasteiger partial charge is 0.416 e. The summed E-state index contributed by atoms with van der Waals surface area (Å²) in [4.78, 5) is 34.4.